The van der Waals surface area contributed by atoms with Crippen LogP contribution in [0, 0.1) is 0 Å². The number of pyridine rings is 1. The second-order valence-electron chi connectivity index (χ2n) is 2.10. The molecule has 0 saturated carbocycles. The minimum absolute atomic E-state index is 0.679. The van der Waals surface area contributed by atoms with E-state index in [1.165, 1.54) is 0 Å². The molecule has 11 heavy (non-hydrogen) atoms. The molecule has 0 aliphatic heterocycles. The van der Waals surface area contributed by atoms with Crippen LogP contribution in [0.5, 0.6) is 0 Å². The van der Waals surface area contributed by atoms with Crippen LogP contribution >= 0.6 is 0 Å². The Morgan fingerprint density at radius 1 is 1.64 bits per heavy atom. The zero-order valence-electron chi connectivity index (χ0n) is 6.32. The summed E-state index contributed by atoms with van der Waals surface area (Å²) in [6.45, 7) is 1.83. The van der Waals surface area contributed by atoms with E-state index in [1.807, 2.05) is 19.1 Å². The van der Waals surface area contributed by atoms with E-state index in [9.17, 15) is 4.79 Å². The number of allylic oxidation sites excluding steroid dienone is 2. The van der Waals surface area contributed by atoms with Crippen molar-refractivity contribution in [3.63, 3.8) is 0 Å². The summed E-state index contributed by atoms with van der Waals surface area (Å²) in [6.07, 6.45) is 5.95. The molecule has 0 amide bonds. The molecular weight excluding hydrogens is 138 g/mol. The van der Waals surface area contributed by atoms with Gasteiger partial charge in [0.15, 0.2) is 0 Å². The van der Waals surface area contributed by atoms with Gasteiger partial charge in [0.2, 0.25) is 0 Å². The lowest BCUT2D eigenvalue weighted by Gasteiger charge is -1.95. The maximum atomic E-state index is 10.4. The largest absolute Gasteiger partial charge is 0.298 e. The first kappa shape index (κ1) is 7.66. The summed E-state index contributed by atoms with van der Waals surface area (Å²) in [6, 6.07) is 3.67. The maximum absolute atomic E-state index is 10.4. The quantitative estimate of drug-likeness (QED) is 0.470. The Morgan fingerprint density at radius 2 is 2.45 bits per heavy atom. The minimum atomic E-state index is 0.679. The molecule has 0 aliphatic carbocycles. The number of carbonyl (C=O) groups is 1. The molecule has 56 valence electrons. The molecule has 0 unspecified atom stereocenters. The lowest BCUT2D eigenvalue weighted by atomic mass is 10.1. The Hall–Kier alpha value is -1.44. The van der Waals surface area contributed by atoms with Gasteiger partial charge in [0.1, 0.15) is 6.29 Å². The number of hydrogen-bond acceptors (Lipinski definition) is 2. The summed E-state index contributed by atoms with van der Waals surface area (Å²) in [5.41, 5.74) is 1.54. The molecule has 0 saturated heterocycles. The van der Waals surface area contributed by atoms with Crippen molar-refractivity contribution in [3.8, 4) is 0 Å². The van der Waals surface area contributed by atoms with Crippen molar-refractivity contribution < 1.29 is 4.79 Å². The van der Waals surface area contributed by atoms with E-state index in [4.69, 9.17) is 0 Å². The zero-order valence-corrected chi connectivity index (χ0v) is 6.32. The Balaban J connectivity index is 3.01. The van der Waals surface area contributed by atoms with Crippen molar-refractivity contribution in [2.75, 3.05) is 0 Å². The molecule has 1 aromatic rings. The molecule has 1 aromatic heterocycles. The van der Waals surface area contributed by atoms with Gasteiger partial charge in [-0.25, -0.2) is 0 Å². The molecule has 1 rings (SSSR count). The molecular formula is C9H9NO. The molecule has 0 bridgehead atoms. The van der Waals surface area contributed by atoms with Gasteiger partial charge in [-0.3, -0.25) is 9.78 Å². The molecule has 0 fully saturated rings. The fourth-order valence-electron chi connectivity index (χ4n) is 0.836. The van der Waals surface area contributed by atoms with Crippen molar-refractivity contribution in [2.45, 2.75) is 6.92 Å². The topological polar surface area (TPSA) is 30.0 Å². The molecule has 2 nitrogen and oxygen atoms in total. The lowest BCUT2D eigenvalue weighted by Crippen LogP contribution is -1.84. The highest BCUT2D eigenvalue weighted by atomic mass is 16.1. The molecule has 0 atom stereocenters. The Bertz CT molecular complexity index is 264. The highest BCUT2D eigenvalue weighted by Gasteiger charge is 1.95. The fraction of sp³-hybridized carbons (Fsp3) is 0.111. The normalized spacial score (nSPS) is 11.2. The molecule has 0 aliphatic rings. The molecule has 2 heteroatoms. The van der Waals surface area contributed by atoms with E-state index in [2.05, 4.69) is 4.98 Å². The van der Waals surface area contributed by atoms with Crippen molar-refractivity contribution in [1.82, 2.24) is 4.98 Å². The van der Waals surface area contributed by atoms with Gasteiger partial charge >= 0.3 is 0 Å². The standard InChI is InChI=1S/C9H9NO/c1-2-8(7-11)9-4-3-5-10-6-9/h2-7H,1H3. The second-order valence-corrected chi connectivity index (χ2v) is 2.10. The van der Waals surface area contributed by atoms with Gasteiger partial charge in [-0.05, 0) is 13.0 Å². The Kier molecular flexibility index (Phi) is 2.55. The third kappa shape index (κ3) is 1.74. The number of nitrogens with zero attached hydrogens (tertiary/aromatic N) is 1. The Morgan fingerprint density at radius 3 is 2.91 bits per heavy atom. The summed E-state index contributed by atoms with van der Waals surface area (Å²) >= 11 is 0. The first-order valence-corrected chi connectivity index (χ1v) is 3.40. The van der Waals surface area contributed by atoms with Crippen LogP contribution in [0.15, 0.2) is 30.6 Å². The highest BCUT2D eigenvalue weighted by Crippen LogP contribution is 2.08. The molecule has 0 spiro atoms. The van der Waals surface area contributed by atoms with Gasteiger partial charge in [0.05, 0.1) is 0 Å². The van der Waals surface area contributed by atoms with Gasteiger partial charge in [-0.2, -0.15) is 0 Å². The number of carbonyl (C=O) groups excluding carboxylic acids is 1. The summed E-state index contributed by atoms with van der Waals surface area (Å²) in [5, 5.41) is 0. The van der Waals surface area contributed by atoms with E-state index >= 15 is 0 Å². The van der Waals surface area contributed by atoms with Crippen molar-refractivity contribution in [2.24, 2.45) is 0 Å². The van der Waals surface area contributed by atoms with Gasteiger partial charge < -0.3 is 0 Å². The predicted molar refractivity (Wildman–Crippen MR) is 44.0 cm³/mol. The van der Waals surface area contributed by atoms with Crippen molar-refractivity contribution >= 4 is 11.9 Å². The number of hydrogen-bond donors (Lipinski definition) is 0. The highest BCUT2D eigenvalue weighted by molar-refractivity contribution is 6.06. The van der Waals surface area contributed by atoms with E-state index in [1.54, 1.807) is 18.5 Å². The Labute approximate surface area is 65.6 Å². The fourth-order valence-corrected chi connectivity index (χ4v) is 0.836. The molecule has 0 aromatic carbocycles. The third-order valence-electron chi connectivity index (χ3n) is 1.43. The van der Waals surface area contributed by atoms with Crippen LogP contribution in [0.1, 0.15) is 12.5 Å². The first-order valence-electron chi connectivity index (χ1n) is 3.40. The van der Waals surface area contributed by atoms with Gasteiger partial charge in [0, 0.05) is 23.5 Å². The van der Waals surface area contributed by atoms with Crippen LogP contribution in [-0.2, 0) is 4.79 Å². The van der Waals surface area contributed by atoms with E-state index in [-0.39, 0.29) is 0 Å². The van der Waals surface area contributed by atoms with Crippen LogP contribution in [0.3, 0.4) is 0 Å². The number of aromatic nitrogens is 1. The van der Waals surface area contributed by atoms with Crippen LogP contribution in [0.25, 0.3) is 5.57 Å². The first-order chi connectivity index (χ1) is 5.38. The zero-order chi connectivity index (χ0) is 8.10. The molecule has 1 heterocycles. The summed E-state index contributed by atoms with van der Waals surface area (Å²) in [5.74, 6) is 0. The third-order valence-corrected chi connectivity index (χ3v) is 1.43. The minimum Gasteiger partial charge on any atom is -0.298 e. The summed E-state index contributed by atoms with van der Waals surface area (Å²) in [7, 11) is 0. The van der Waals surface area contributed by atoms with E-state index in [0.29, 0.717) is 5.57 Å². The molecule has 0 N–H and O–H groups in total. The van der Waals surface area contributed by atoms with Gasteiger partial charge in [-0.1, -0.05) is 12.1 Å². The van der Waals surface area contributed by atoms with Gasteiger partial charge in [-0.15, -0.1) is 0 Å². The number of rotatable bonds is 2. The lowest BCUT2D eigenvalue weighted by molar-refractivity contribution is -0.103. The predicted octanol–water partition coefficient (Wildman–Crippen LogP) is 1.68. The maximum Gasteiger partial charge on any atom is 0.150 e. The van der Waals surface area contributed by atoms with Crippen LogP contribution in [0.4, 0.5) is 0 Å². The van der Waals surface area contributed by atoms with Crippen LogP contribution in [-0.4, -0.2) is 11.3 Å². The summed E-state index contributed by atoms with van der Waals surface area (Å²) in [4.78, 5) is 14.3. The smallest absolute Gasteiger partial charge is 0.150 e. The SMILES string of the molecule is CC=C(C=O)c1cccnc1. The average molecular weight is 147 g/mol. The van der Waals surface area contributed by atoms with Crippen molar-refractivity contribution in [1.29, 1.82) is 0 Å². The van der Waals surface area contributed by atoms with Gasteiger partial charge in [0.25, 0.3) is 0 Å². The molecule has 0 radical (unpaired) electrons. The van der Waals surface area contributed by atoms with Crippen LogP contribution in [0.2, 0.25) is 0 Å². The summed E-state index contributed by atoms with van der Waals surface area (Å²) < 4.78 is 0. The van der Waals surface area contributed by atoms with Crippen LogP contribution < -0.4 is 0 Å². The second kappa shape index (κ2) is 3.66. The van der Waals surface area contributed by atoms with E-state index in [0.717, 1.165) is 11.8 Å². The van der Waals surface area contributed by atoms with Crippen molar-refractivity contribution in [3.05, 3.63) is 36.2 Å². The average Bonchev–Trinajstić information content (AvgIpc) is 2.09. The number of aldehydes is 1. The monoisotopic (exact) mass is 147 g/mol. The van der Waals surface area contributed by atoms with E-state index < -0.39 is 0 Å².